The maximum absolute atomic E-state index is 12.9. The summed E-state index contributed by atoms with van der Waals surface area (Å²) in [6.07, 6.45) is -4.58. The lowest BCUT2D eigenvalue weighted by Gasteiger charge is -2.22. The van der Waals surface area contributed by atoms with E-state index in [2.05, 4.69) is 5.32 Å². The number of alkyl halides is 3. The highest BCUT2D eigenvalue weighted by Gasteiger charge is 2.48. The van der Waals surface area contributed by atoms with Crippen LogP contribution >= 0.6 is 23.4 Å². The summed E-state index contributed by atoms with van der Waals surface area (Å²) in [5.41, 5.74) is 0.394. The zero-order valence-corrected chi connectivity index (χ0v) is 15.2. The Bertz CT molecular complexity index is 950. The Labute approximate surface area is 161 Å². The average Bonchev–Trinajstić information content (AvgIpc) is 3.15. The molecule has 0 aliphatic carbocycles. The zero-order chi connectivity index (χ0) is 19.3. The monoisotopic (exact) mass is 412 g/mol. The van der Waals surface area contributed by atoms with Gasteiger partial charge < -0.3 is 10.2 Å². The molecule has 4 rings (SSSR count). The Morgan fingerprint density at radius 1 is 1.22 bits per heavy atom. The number of carbonyl (C=O) groups excluding carboxylic acids is 2. The second kappa shape index (κ2) is 6.45. The van der Waals surface area contributed by atoms with Crippen molar-refractivity contribution in [1.29, 1.82) is 0 Å². The lowest BCUT2D eigenvalue weighted by Crippen LogP contribution is -2.42. The minimum Gasteiger partial charge on any atom is -0.324 e. The van der Waals surface area contributed by atoms with Crippen molar-refractivity contribution in [1.82, 2.24) is 4.90 Å². The van der Waals surface area contributed by atoms with Crippen molar-refractivity contribution in [2.45, 2.75) is 17.6 Å². The SMILES string of the molecule is O=C(Nc1cc(Cl)cc(C(F)(F)F)c1)[C@H]1CS[C@H]2c3ccccc3C(=O)N12. The van der Waals surface area contributed by atoms with Gasteiger partial charge in [-0.2, -0.15) is 13.2 Å². The molecule has 140 valence electrons. The van der Waals surface area contributed by atoms with Gasteiger partial charge in [0, 0.05) is 22.0 Å². The Morgan fingerprint density at radius 3 is 2.70 bits per heavy atom. The van der Waals surface area contributed by atoms with Crippen molar-refractivity contribution in [2.75, 3.05) is 11.1 Å². The molecule has 1 fully saturated rings. The van der Waals surface area contributed by atoms with Gasteiger partial charge in [0.15, 0.2) is 0 Å². The largest absolute Gasteiger partial charge is 0.416 e. The van der Waals surface area contributed by atoms with Crippen LogP contribution < -0.4 is 5.32 Å². The summed E-state index contributed by atoms with van der Waals surface area (Å²) >= 11 is 7.21. The fraction of sp³-hybridized carbons (Fsp3) is 0.222. The normalized spacial score (nSPS) is 21.2. The predicted molar refractivity (Wildman–Crippen MR) is 96.7 cm³/mol. The molecule has 0 radical (unpaired) electrons. The fourth-order valence-electron chi connectivity index (χ4n) is 3.29. The Morgan fingerprint density at radius 2 is 1.96 bits per heavy atom. The molecule has 2 aromatic carbocycles. The van der Waals surface area contributed by atoms with E-state index in [-0.39, 0.29) is 22.0 Å². The molecule has 4 nitrogen and oxygen atoms in total. The quantitative estimate of drug-likeness (QED) is 0.786. The molecule has 2 aliphatic rings. The first-order valence-corrected chi connectivity index (χ1v) is 9.40. The van der Waals surface area contributed by atoms with Crippen LogP contribution in [-0.4, -0.2) is 28.5 Å². The van der Waals surface area contributed by atoms with Crippen molar-refractivity contribution in [3.63, 3.8) is 0 Å². The second-order valence-corrected chi connectivity index (χ2v) is 7.77. The van der Waals surface area contributed by atoms with Gasteiger partial charge in [0.25, 0.3) is 5.91 Å². The fourth-order valence-corrected chi connectivity index (χ4v) is 4.99. The molecule has 1 N–H and O–H groups in total. The van der Waals surface area contributed by atoms with Crippen LogP contribution in [-0.2, 0) is 11.0 Å². The summed E-state index contributed by atoms with van der Waals surface area (Å²) < 4.78 is 38.8. The third-order valence-electron chi connectivity index (χ3n) is 4.49. The molecular weight excluding hydrogens is 401 g/mol. The maximum atomic E-state index is 12.9. The second-order valence-electron chi connectivity index (χ2n) is 6.22. The molecule has 9 heteroatoms. The van der Waals surface area contributed by atoms with Gasteiger partial charge in [-0.1, -0.05) is 29.8 Å². The van der Waals surface area contributed by atoms with Crippen LogP contribution in [0.3, 0.4) is 0 Å². The van der Waals surface area contributed by atoms with Gasteiger partial charge in [0.1, 0.15) is 11.4 Å². The van der Waals surface area contributed by atoms with E-state index >= 15 is 0 Å². The van der Waals surface area contributed by atoms with E-state index in [0.29, 0.717) is 11.3 Å². The number of hydrogen-bond donors (Lipinski definition) is 1. The number of nitrogens with one attached hydrogen (secondary N) is 1. The van der Waals surface area contributed by atoms with Gasteiger partial charge in [0.2, 0.25) is 5.91 Å². The molecule has 27 heavy (non-hydrogen) atoms. The highest BCUT2D eigenvalue weighted by atomic mass is 35.5. The number of carbonyl (C=O) groups is 2. The van der Waals surface area contributed by atoms with Crippen molar-refractivity contribution >= 4 is 40.9 Å². The number of amides is 2. The number of thioether (sulfide) groups is 1. The van der Waals surface area contributed by atoms with Gasteiger partial charge in [-0.05, 0) is 29.8 Å². The van der Waals surface area contributed by atoms with Gasteiger partial charge in [-0.25, -0.2) is 0 Å². The minimum absolute atomic E-state index is 0.0579. The number of halogens is 4. The van der Waals surface area contributed by atoms with E-state index in [9.17, 15) is 22.8 Å². The molecule has 2 heterocycles. The van der Waals surface area contributed by atoms with Crippen LogP contribution in [0.4, 0.5) is 18.9 Å². The average molecular weight is 413 g/mol. The van der Waals surface area contributed by atoms with E-state index in [0.717, 1.165) is 17.7 Å². The third-order valence-corrected chi connectivity index (χ3v) is 6.01. The maximum Gasteiger partial charge on any atom is 0.416 e. The van der Waals surface area contributed by atoms with Crippen LogP contribution in [0.2, 0.25) is 5.02 Å². The number of fused-ring (bicyclic) bond motifs is 3. The Kier molecular flexibility index (Phi) is 4.35. The third kappa shape index (κ3) is 3.17. The summed E-state index contributed by atoms with van der Waals surface area (Å²) in [5.74, 6) is -0.423. The van der Waals surface area contributed by atoms with E-state index in [1.807, 2.05) is 12.1 Å². The zero-order valence-electron chi connectivity index (χ0n) is 13.6. The molecule has 0 unspecified atom stereocenters. The van der Waals surface area contributed by atoms with Crippen molar-refractivity contribution in [3.8, 4) is 0 Å². The molecule has 2 aromatic rings. The van der Waals surface area contributed by atoms with E-state index in [4.69, 9.17) is 11.6 Å². The van der Waals surface area contributed by atoms with Crippen LogP contribution in [0.5, 0.6) is 0 Å². The summed E-state index contributed by atoms with van der Waals surface area (Å²) in [6, 6.07) is 9.22. The smallest absolute Gasteiger partial charge is 0.324 e. The number of nitrogens with zero attached hydrogens (tertiary/aromatic N) is 1. The highest BCUT2D eigenvalue weighted by molar-refractivity contribution is 7.99. The van der Waals surface area contributed by atoms with Gasteiger partial charge in [-0.15, -0.1) is 11.8 Å². The molecule has 1 saturated heterocycles. The first kappa shape index (κ1) is 18.2. The molecule has 0 aromatic heterocycles. The van der Waals surface area contributed by atoms with Crippen molar-refractivity contribution < 1.29 is 22.8 Å². The molecule has 2 atom stereocenters. The van der Waals surface area contributed by atoms with Crippen LogP contribution in [0.15, 0.2) is 42.5 Å². The molecule has 0 saturated carbocycles. The molecule has 2 aliphatic heterocycles. The molecule has 0 spiro atoms. The van der Waals surface area contributed by atoms with Gasteiger partial charge in [-0.3, -0.25) is 9.59 Å². The lowest BCUT2D eigenvalue weighted by molar-refractivity contribution is -0.137. The Hall–Kier alpha value is -2.19. The minimum atomic E-state index is -4.58. The number of hydrogen-bond acceptors (Lipinski definition) is 3. The van der Waals surface area contributed by atoms with E-state index < -0.39 is 23.7 Å². The summed E-state index contributed by atoms with van der Waals surface area (Å²) in [6.45, 7) is 0. The first-order chi connectivity index (χ1) is 12.8. The van der Waals surface area contributed by atoms with E-state index in [1.54, 1.807) is 12.1 Å². The van der Waals surface area contributed by atoms with Gasteiger partial charge >= 0.3 is 6.18 Å². The lowest BCUT2D eigenvalue weighted by atomic mass is 10.1. The Balaban J connectivity index is 1.57. The topological polar surface area (TPSA) is 49.4 Å². The molecule has 0 bridgehead atoms. The number of benzene rings is 2. The number of anilines is 1. The number of rotatable bonds is 2. The van der Waals surface area contributed by atoms with Crippen LogP contribution in [0.25, 0.3) is 0 Å². The summed E-state index contributed by atoms with van der Waals surface area (Å²) in [7, 11) is 0. The van der Waals surface area contributed by atoms with Crippen LogP contribution in [0.1, 0.15) is 26.9 Å². The molecular formula is C18H12ClF3N2O2S. The predicted octanol–water partition coefficient (Wildman–Crippen LogP) is 4.57. The van der Waals surface area contributed by atoms with Gasteiger partial charge in [0.05, 0.1) is 5.56 Å². The van der Waals surface area contributed by atoms with Crippen LogP contribution in [0, 0.1) is 0 Å². The first-order valence-electron chi connectivity index (χ1n) is 7.97. The molecule has 2 amide bonds. The highest BCUT2D eigenvalue weighted by Crippen LogP contribution is 2.48. The van der Waals surface area contributed by atoms with Crippen molar-refractivity contribution in [2.24, 2.45) is 0 Å². The van der Waals surface area contributed by atoms with Crippen molar-refractivity contribution in [3.05, 3.63) is 64.2 Å². The standard InChI is InChI=1S/C18H12ClF3N2O2S/c19-10-5-9(18(20,21)22)6-11(7-10)23-15(25)14-8-27-17-13-4-2-1-3-12(13)16(26)24(14)17/h1-7,14,17H,8H2,(H,23,25)/t14-,17+/m1/s1. The summed E-state index contributed by atoms with van der Waals surface area (Å²) in [5, 5.41) is 2.08. The summed E-state index contributed by atoms with van der Waals surface area (Å²) in [4.78, 5) is 26.8. The van der Waals surface area contributed by atoms with E-state index in [1.165, 1.54) is 22.7 Å².